The number of benzene rings is 1. The molecule has 1 unspecified atom stereocenters. The molecule has 1 fully saturated rings. The maximum atomic E-state index is 6.07. The fraction of sp³-hybridized carbons (Fsp3) is 0.538. The Kier molecular flexibility index (Phi) is 2.99. The minimum absolute atomic E-state index is 0.426. The normalized spacial score (nSPS) is 28.3. The molecule has 2 aliphatic rings. The predicted octanol–water partition coefficient (Wildman–Crippen LogP) is 2.72. The Labute approximate surface area is 106 Å². The summed E-state index contributed by atoms with van der Waals surface area (Å²) in [6.07, 6.45) is 2.93. The minimum Gasteiger partial charge on any atom is -0.462 e. The highest BCUT2D eigenvalue weighted by Gasteiger charge is 2.37. The molecule has 4 heteroatoms. The zero-order chi connectivity index (χ0) is 11.7. The van der Waals surface area contributed by atoms with Gasteiger partial charge in [-0.2, -0.15) is 0 Å². The zero-order valence-corrected chi connectivity index (χ0v) is 10.4. The van der Waals surface area contributed by atoms with Crippen LogP contribution >= 0.6 is 11.6 Å². The highest BCUT2D eigenvalue weighted by molar-refractivity contribution is 6.30. The van der Waals surface area contributed by atoms with Gasteiger partial charge in [0.05, 0.1) is 6.61 Å². The molecule has 0 amide bonds. The average molecular weight is 254 g/mol. The second kappa shape index (κ2) is 4.48. The molecule has 1 N–H and O–H groups in total. The van der Waals surface area contributed by atoms with E-state index in [9.17, 15) is 0 Å². The lowest BCUT2D eigenvalue weighted by Gasteiger charge is -2.37. The van der Waals surface area contributed by atoms with Crippen LogP contribution < -0.4 is 10.1 Å². The van der Waals surface area contributed by atoms with E-state index in [0.29, 0.717) is 6.61 Å². The van der Waals surface area contributed by atoms with Crippen molar-refractivity contribution in [3.05, 3.63) is 28.8 Å². The van der Waals surface area contributed by atoms with Crippen LogP contribution in [0.3, 0.4) is 0 Å². The molecule has 1 atom stereocenters. The van der Waals surface area contributed by atoms with E-state index in [-0.39, 0.29) is 0 Å². The zero-order valence-electron chi connectivity index (χ0n) is 9.67. The molecule has 1 spiro atoms. The molecule has 1 aromatic rings. The van der Waals surface area contributed by atoms with Gasteiger partial charge in [0.15, 0.2) is 0 Å². The van der Waals surface area contributed by atoms with Crippen molar-refractivity contribution < 1.29 is 9.47 Å². The summed E-state index contributed by atoms with van der Waals surface area (Å²) in [7, 11) is 0. The number of rotatable bonds is 0. The smallest absolute Gasteiger partial charge is 0.212 e. The Morgan fingerprint density at radius 2 is 2.18 bits per heavy atom. The number of ether oxygens (including phenoxy) is 2. The summed E-state index contributed by atoms with van der Waals surface area (Å²) in [5.41, 5.74) is 1.04. The van der Waals surface area contributed by atoms with Crippen molar-refractivity contribution in [3.63, 3.8) is 0 Å². The predicted molar refractivity (Wildman–Crippen MR) is 66.3 cm³/mol. The molecule has 0 aromatic heterocycles. The lowest BCUT2D eigenvalue weighted by Crippen LogP contribution is -2.42. The van der Waals surface area contributed by atoms with Gasteiger partial charge in [-0.15, -0.1) is 0 Å². The van der Waals surface area contributed by atoms with Gasteiger partial charge in [0.2, 0.25) is 5.79 Å². The number of hydrogen-bond acceptors (Lipinski definition) is 3. The molecule has 3 nitrogen and oxygen atoms in total. The van der Waals surface area contributed by atoms with E-state index in [4.69, 9.17) is 21.1 Å². The van der Waals surface area contributed by atoms with Crippen molar-refractivity contribution in [3.8, 4) is 5.75 Å². The van der Waals surface area contributed by atoms with E-state index in [1.54, 1.807) is 0 Å². The second-order valence-electron chi connectivity index (χ2n) is 4.66. The van der Waals surface area contributed by atoms with E-state index < -0.39 is 5.79 Å². The largest absolute Gasteiger partial charge is 0.462 e. The summed E-state index contributed by atoms with van der Waals surface area (Å²) < 4.78 is 12.0. The molecule has 17 heavy (non-hydrogen) atoms. The van der Waals surface area contributed by atoms with Gasteiger partial charge in [0.1, 0.15) is 5.75 Å². The van der Waals surface area contributed by atoms with Crippen LogP contribution in [0.25, 0.3) is 0 Å². The van der Waals surface area contributed by atoms with Crippen LogP contribution in [0, 0.1) is 0 Å². The Morgan fingerprint density at radius 3 is 3.12 bits per heavy atom. The fourth-order valence-corrected chi connectivity index (χ4v) is 2.65. The molecule has 2 heterocycles. The number of nitrogens with one attached hydrogen (secondary N) is 1. The molecule has 1 saturated heterocycles. The Balaban J connectivity index is 1.85. The average Bonchev–Trinajstić information content (AvgIpc) is 2.56. The Morgan fingerprint density at radius 1 is 1.24 bits per heavy atom. The molecule has 0 aliphatic carbocycles. The second-order valence-corrected chi connectivity index (χ2v) is 5.09. The van der Waals surface area contributed by atoms with E-state index in [1.165, 1.54) is 0 Å². The third-order valence-corrected chi connectivity index (χ3v) is 3.64. The van der Waals surface area contributed by atoms with Crippen LogP contribution in [0.4, 0.5) is 0 Å². The molecule has 0 radical (unpaired) electrons. The van der Waals surface area contributed by atoms with Crippen molar-refractivity contribution in [2.75, 3.05) is 13.1 Å². The summed E-state index contributed by atoms with van der Waals surface area (Å²) in [5, 5.41) is 4.10. The van der Waals surface area contributed by atoms with E-state index in [1.807, 2.05) is 18.2 Å². The Bertz CT molecular complexity index is 414. The summed E-state index contributed by atoms with van der Waals surface area (Å²) in [4.78, 5) is 0. The quantitative estimate of drug-likeness (QED) is 0.771. The van der Waals surface area contributed by atoms with Crippen molar-refractivity contribution in [1.29, 1.82) is 0 Å². The third-order valence-electron chi connectivity index (χ3n) is 3.40. The molecule has 3 rings (SSSR count). The van der Waals surface area contributed by atoms with Gasteiger partial charge in [0.25, 0.3) is 0 Å². The maximum absolute atomic E-state index is 6.07. The molecule has 1 aromatic carbocycles. The Hall–Kier alpha value is -0.770. The summed E-state index contributed by atoms with van der Waals surface area (Å²) in [5.74, 6) is 0.493. The molecule has 0 saturated carbocycles. The van der Waals surface area contributed by atoms with Gasteiger partial charge in [-0.3, -0.25) is 0 Å². The van der Waals surface area contributed by atoms with Gasteiger partial charge in [0, 0.05) is 30.0 Å². The standard InChI is InChI=1S/C13H16ClNO2/c14-11-2-3-12-10(8-11)9-16-13(17-12)4-1-6-15-7-5-13/h2-3,8,15H,1,4-7,9H2. The number of halogens is 1. The van der Waals surface area contributed by atoms with Gasteiger partial charge < -0.3 is 14.8 Å². The highest BCUT2D eigenvalue weighted by Crippen LogP contribution is 2.37. The van der Waals surface area contributed by atoms with E-state index in [2.05, 4.69) is 5.32 Å². The molecular formula is C13H16ClNO2. The summed E-state index contributed by atoms with van der Waals surface area (Å²) in [6.45, 7) is 2.58. The lowest BCUT2D eigenvalue weighted by atomic mass is 10.1. The van der Waals surface area contributed by atoms with Crippen molar-refractivity contribution >= 4 is 11.6 Å². The van der Waals surface area contributed by atoms with Crippen LogP contribution in [-0.2, 0) is 11.3 Å². The first kappa shape index (κ1) is 11.3. The molecule has 92 valence electrons. The van der Waals surface area contributed by atoms with Crippen molar-refractivity contribution in [1.82, 2.24) is 5.32 Å². The first-order chi connectivity index (χ1) is 8.27. The van der Waals surface area contributed by atoms with Crippen LogP contribution in [0.5, 0.6) is 5.75 Å². The van der Waals surface area contributed by atoms with Crippen molar-refractivity contribution in [2.24, 2.45) is 0 Å². The van der Waals surface area contributed by atoms with Gasteiger partial charge in [-0.25, -0.2) is 0 Å². The van der Waals surface area contributed by atoms with Crippen LogP contribution in [-0.4, -0.2) is 18.9 Å². The third kappa shape index (κ3) is 2.28. The maximum Gasteiger partial charge on any atom is 0.212 e. The molecule has 2 aliphatic heterocycles. The summed E-state index contributed by atoms with van der Waals surface area (Å²) in [6, 6.07) is 5.73. The van der Waals surface area contributed by atoms with Gasteiger partial charge in [-0.05, 0) is 31.2 Å². The summed E-state index contributed by atoms with van der Waals surface area (Å²) >= 11 is 5.96. The lowest BCUT2D eigenvalue weighted by molar-refractivity contribution is -0.211. The van der Waals surface area contributed by atoms with Gasteiger partial charge in [-0.1, -0.05) is 11.6 Å². The first-order valence-corrected chi connectivity index (χ1v) is 6.47. The monoisotopic (exact) mass is 253 g/mol. The molecular weight excluding hydrogens is 238 g/mol. The van der Waals surface area contributed by atoms with E-state index in [0.717, 1.165) is 48.7 Å². The van der Waals surface area contributed by atoms with Crippen molar-refractivity contribution in [2.45, 2.75) is 31.7 Å². The minimum atomic E-state index is -0.426. The first-order valence-electron chi connectivity index (χ1n) is 6.10. The number of hydrogen-bond donors (Lipinski definition) is 1. The SMILES string of the molecule is Clc1ccc2c(c1)COC1(CCCNCC1)O2. The molecule has 0 bridgehead atoms. The highest BCUT2D eigenvalue weighted by atomic mass is 35.5. The number of fused-ring (bicyclic) bond motifs is 1. The van der Waals surface area contributed by atoms with E-state index >= 15 is 0 Å². The van der Waals surface area contributed by atoms with Crippen LogP contribution in [0.2, 0.25) is 5.02 Å². The van der Waals surface area contributed by atoms with Crippen LogP contribution in [0.15, 0.2) is 18.2 Å². The van der Waals surface area contributed by atoms with Crippen LogP contribution in [0.1, 0.15) is 24.8 Å². The topological polar surface area (TPSA) is 30.5 Å². The fourth-order valence-electron chi connectivity index (χ4n) is 2.46. The van der Waals surface area contributed by atoms with Gasteiger partial charge >= 0.3 is 0 Å².